The second-order valence-corrected chi connectivity index (χ2v) is 17.3. The highest BCUT2D eigenvalue weighted by atomic mass is 32.2. The van der Waals surface area contributed by atoms with E-state index in [0.717, 1.165) is 45.7 Å². The number of methoxy groups -OCH3 is 1. The quantitative estimate of drug-likeness (QED) is 0.0948. The Morgan fingerprint density at radius 1 is 0.556 bits per heavy atom. The summed E-state index contributed by atoms with van der Waals surface area (Å²) in [7, 11) is -6.35. The number of carbonyl (C=O) groups excluding carboxylic acids is 3. The van der Waals surface area contributed by atoms with E-state index in [4.69, 9.17) is 0 Å². The lowest BCUT2D eigenvalue weighted by Gasteiger charge is -2.09. The Labute approximate surface area is 324 Å². The summed E-state index contributed by atoms with van der Waals surface area (Å²) in [4.78, 5) is 37.9. The van der Waals surface area contributed by atoms with Crippen LogP contribution in [0.2, 0.25) is 0 Å². The van der Waals surface area contributed by atoms with Crippen LogP contribution in [0.25, 0.3) is 11.0 Å². The fourth-order valence-electron chi connectivity index (χ4n) is 4.66. The van der Waals surface area contributed by atoms with Crippen LogP contribution in [0.3, 0.4) is 0 Å². The SMILES string of the molecule is COC(=O)c1sccc1NC(=O)c1sccc1NS(=O)(=O)c1ccccc1.O=C(Nc1cccc2nsnc12)c1sccc1NS(=O)(=O)c1ccccc1. The third-order valence-electron chi connectivity index (χ3n) is 7.16. The number of rotatable bonds is 11. The fraction of sp³-hybridized carbons (Fsp3) is 0.0294. The zero-order valence-corrected chi connectivity index (χ0v) is 32.5. The van der Waals surface area contributed by atoms with Gasteiger partial charge in [-0.15, -0.1) is 34.0 Å². The minimum atomic E-state index is -3.82. The molecule has 2 amide bonds. The summed E-state index contributed by atoms with van der Waals surface area (Å²) in [5.41, 5.74) is 2.51. The van der Waals surface area contributed by atoms with Crippen LogP contribution < -0.4 is 20.1 Å². The van der Waals surface area contributed by atoms with Crippen molar-refractivity contribution in [3.05, 3.63) is 128 Å². The molecule has 276 valence electrons. The van der Waals surface area contributed by atoms with Gasteiger partial charge in [-0.3, -0.25) is 19.0 Å². The van der Waals surface area contributed by atoms with Gasteiger partial charge in [-0.2, -0.15) is 8.75 Å². The molecule has 4 heterocycles. The first-order chi connectivity index (χ1) is 26.0. The normalized spacial score (nSPS) is 11.2. The first-order valence-electron chi connectivity index (χ1n) is 15.3. The van der Waals surface area contributed by atoms with Crippen molar-refractivity contribution in [2.75, 3.05) is 27.2 Å². The topological polar surface area (TPSA) is 203 Å². The molecule has 0 saturated heterocycles. The lowest BCUT2D eigenvalue weighted by atomic mass is 10.2. The van der Waals surface area contributed by atoms with Crippen molar-refractivity contribution in [1.82, 2.24) is 8.75 Å². The number of carbonyl (C=O) groups is 3. The molecule has 0 aliphatic rings. The summed E-state index contributed by atoms with van der Waals surface area (Å²) in [6, 6.07) is 25.8. The summed E-state index contributed by atoms with van der Waals surface area (Å²) in [5, 5.41) is 10.3. The number of benzene rings is 3. The van der Waals surface area contributed by atoms with Crippen LogP contribution in [0.1, 0.15) is 29.0 Å². The van der Waals surface area contributed by atoms with E-state index < -0.39 is 37.8 Å². The zero-order valence-electron chi connectivity index (χ0n) is 27.6. The highest BCUT2D eigenvalue weighted by molar-refractivity contribution is 7.93. The van der Waals surface area contributed by atoms with E-state index in [1.165, 1.54) is 37.4 Å². The van der Waals surface area contributed by atoms with Crippen LogP contribution in [-0.2, 0) is 24.8 Å². The number of aromatic nitrogens is 2. The maximum Gasteiger partial charge on any atom is 0.350 e. The fourth-order valence-corrected chi connectivity index (χ4v) is 9.78. The van der Waals surface area contributed by atoms with Gasteiger partial charge in [-0.25, -0.2) is 21.6 Å². The number of thiophene rings is 3. The molecule has 14 nitrogen and oxygen atoms in total. The Kier molecular flexibility index (Phi) is 11.8. The van der Waals surface area contributed by atoms with Crippen molar-refractivity contribution < 1.29 is 36.0 Å². The number of nitrogens with zero attached hydrogens (tertiary/aromatic N) is 2. The Morgan fingerprint density at radius 2 is 1.04 bits per heavy atom. The van der Waals surface area contributed by atoms with E-state index >= 15 is 0 Å². The first-order valence-corrected chi connectivity index (χ1v) is 21.6. The lowest BCUT2D eigenvalue weighted by Crippen LogP contribution is -2.17. The molecule has 0 fully saturated rings. The number of hydrogen-bond acceptors (Lipinski definition) is 14. The Bertz CT molecular complexity index is 2660. The summed E-state index contributed by atoms with van der Waals surface area (Å²) in [6.45, 7) is 0. The van der Waals surface area contributed by atoms with Crippen LogP contribution in [0, 0.1) is 0 Å². The predicted octanol–water partition coefficient (Wildman–Crippen LogP) is 7.46. The summed E-state index contributed by atoms with van der Waals surface area (Å²) in [6.07, 6.45) is 0. The van der Waals surface area contributed by atoms with Gasteiger partial charge in [0.25, 0.3) is 31.9 Å². The van der Waals surface area contributed by atoms with Gasteiger partial charge < -0.3 is 15.4 Å². The smallest absolute Gasteiger partial charge is 0.350 e. The van der Waals surface area contributed by atoms with Crippen molar-refractivity contribution in [3.63, 3.8) is 0 Å². The number of fused-ring (bicyclic) bond motifs is 1. The number of sulfonamides is 2. The first kappa shape index (κ1) is 38.2. The molecular formula is C34H26N6O8S6. The van der Waals surface area contributed by atoms with Crippen LogP contribution in [0.5, 0.6) is 0 Å². The van der Waals surface area contributed by atoms with Gasteiger partial charge in [-0.1, -0.05) is 42.5 Å². The highest BCUT2D eigenvalue weighted by Crippen LogP contribution is 2.30. The average molecular weight is 839 g/mol. The van der Waals surface area contributed by atoms with E-state index in [-0.39, 0.29) is 35.8 Å². The number of anilines is 4. The molecule has 0 atom stereocenters. The summed E-state index contributed by atoms with van der Waals surface area (Å²) < 4.78 is 67.9. The van der Waals surface area contributed by atoms with Crippen LogP contribution in [0.4, 0.5) is 22.7 Å². The molecule has 4 N–H and O–H groups in total. The number of hydrogen-bond donors (Lipinski definition) is 4. The molecule has 0 radical (unpaired) electrons. The molecule has 20 heteroatoms. The van der Waals surface area contributed by atoms with Gasteiger partial charge in [0.1, 0.15) is 25.7 Å². The van der Waals surface area contributed by atoms with Gasteiger partial charge in [0.2, 0.25) is 0 Å². The van der Waals surface area contributed by atoms with Crippen LogP contribution >= 0.6 is 45.7 Å². The van der Waals surface area contributed by atoms with Crippen LogP contribution in [-0.4, -0.2) is 50.5 Å². The van der Waals surface area contributed by atoms with Gasteiger partial charge in [0, 0.05) is 0 Å². The van der Waals surface area contributed by atoms with Crippen molar-refractivity contribution in [3.8, 4) is 0 Å². The maximum atomic E-state index is 12.7. The molecule has 54 heavy (non-hydrogen) atoms. The standard InChI is InChI=1S/C17H12N4O3S3.C17H14N2O5S3/c22-17(18-12-7-4-8-13-15(12)20-26-19-13)16-14(9-10-25-16)21-27(23,24)11-5-2-1-3-6-11;1-24-17(21)15-12(7-9-26-15)18-16(20)14-13(8-10-25-14)19-27(22,23)11-5-3-2-4-6-11/h1-10,21H,(H,18,22);2-10,19H,1H3,(H,18,20). The van der Waals surface area contributed by atoms with Crippen molar-refractivity contribution in [1.29, 1.82) is 0 Å². The molecule has 7 rings (SSSR count). The zero-order chi connectivity index (χ0) is 38.3. The monoisotopic (exact) mass is 838 g/mol. The second kappa shape index (κ2) is 16.7. The number of nitrogens with one attached hydrogen (secondary N) is 4. The van der Waals surface area contributed by atoms with Crippen molar-refractivity contribution in [2.45, 2.75) is 9.79 Å². The molecule has 3 aromatic carbocycles. The van der Waals surface area contributed by atoms with E-state index in [9.17, 15) is 31.2 Å². The molecule has 0 aliphatic carbocycles. The Hall–Kier alpha value is -5.51. The number of amides is 2. The highest BCUT2D eigenvalue weighted by Gasteiger charge is 2.23. The van der Waals surface area contributed by atoms with E-state index in [1.54, 1.807) is 82.9 Å². The Morgan fingerprint density at radius 3 is 1.56 bits per heavy atom. The average Bonchev–Trinajstić information content (AvgIpc) is 4.01. The maximum absolute atomic E-state index is 12.7. The molecule has 0 saturated carbocycles. The predicted molar refractivity (Wildman–Crippen MR) is 212 cm³/mol. The molecule has 0 aliphatic heterocycles. The van der Waals surface area contributed by atoms with E-state index in [2.05, 4.69) is 33.6 Å². The number of ether oxygens (including phenoxy) is 1. The van der Waals surface area contributed by atoms with Gasteiger partial charge in [0.05, 0.1) is 51.4 Å². The summed E-state index contributed by atoms with van der Waals surface area (Å²) >= 11 is 4.43. The third kappa shape index (κ3) is 8.81. The van der Waals surface area contributed by atoms with E-state index in [0.29, 0.717) is 22.4 Å². The lowest BCUT2D eigenvalue weighted by molar-refractivity contribution is 0.0607. The second-order valence-electron chi connectivity index (χ2n) is 10.7. The van der Waals surface area contributed by atoms with Crippen molar-refractivity contribution in [2.24, 2.45) is 0 Å². The Balaban J connectivity index is 0.000000184. The number of esters is 1. The minimum absolute atomic E-state index is 0.0911. The van der Waals surface area contributed by atoms with Crippen molar-refractivity contribution >= 4 is 117 Å². The molecule has 0 spiro atoms. The summed E-state index contributed by atoms with van der Waals surface area (Å²) in [5.74, 6) is -1.51. The van der Waals surface area contributed by atoms with Crippen LogP contribution in [0.15, 0.2) is 123 Å². The van der Waals surface area contributed by atoms with E-state index in [1.807, 2.05) is 0 Å². The molecular weight excluding hydrogens is 813 g/mol. The van der Waals surface area contributed by atoms with Gasteiger partial charge in [0.15, 0.2) is 0 Å². The molecule has 4 aromatic heterocycles. The molecule has 0 bridgehead atoms. The van der Waals surface area contributed by atoms with Gasteiger partial charge >= 0.3 is 5.97 Å². The molecule has 7 aromatic rings. The molecule has 0 unspecified atom stereocenters. The largest absolute Gasteiger partial charge is 0.465 e. The third-order valence-corrected chi connectivity index (χ3v) is 13.2. The van der Waals surface area contributed by atoms with Gasteiger partial charge in [-0.05, 0) is 70.7 Å². The minimum Gasteiger partial charge on any atom is -0.465 e.